The molecule has 0 spiro atoms. The third-order valence-electron chi connectivity index (χ3n) is 1.88. The number of hydrogen-bond donors (Lipinski definition) is 1. The predicted molar refractivity (Wildman–Crippen MR) is 53.2 cm³/mol. The van der Waals surface area contributed by atoms with Gasteiger partial charge in [0.25, 0.3) is 0 Å². The highest BCUT2D eigenvalue weighted by Gasteiger charge is 2.39. The first-order valence-corrected chi connectivity index (χ1v) is 4.02. The maximum atomic E-state index is 12.7. The average Bonchev–Trinajstić information content (AvgIpc) is 2.15. The van der Waals surface area contributed by atoms with Crippen LogP contribution in [0.2, 0.25) is 0 Å². The van der Waals surface area contributed by atoms with Gasteiger partial charge in [-0.05, 0) is 6.07 Å². The maximum absolute atomic E-state index is 12.7. The quantitative estimate of drug-likeness (QED) is 0.829. The van der Waals surface area contributed by atoms with Crippen molar-refractivity contribution in [1.29, 1.82) is 0 Å². The molecule has 2 nitrogen and oxygen atoms in total. The van der Waals surface area contributed by atoms with Crippen LogP contribution in [0.4, 0.5) is 17.6 Å². The van der Waals surface area contributed by atoms with Gasteiger partial charge in [0, 0.05) is 11.6 Å². The van der Waals surface area contributed by atoms with Crippen molar-refractivity contribution in [3.05, 3.63) is 29.6 Å². The molecule has 0 aliphatic rings. The molecule has 1 aromatic carbocycles. The highest BCUT2D eigenvalue weighted by Crippen LogP contribution is 2.35. The lowest BCUT2D eigenvalue weighted by Gasteiger charge is -2.18. The van der Waals surface area contributed by atoms with E-state index < -0.39 is 18.0 Å². The summed E-state index contributed by atoms with van der Waals surface area (Å²) in [6, 6.07) is 0.560. The maximum Gasteiger partial charge on any atom is 0.407 e. The van der Waals surface area contributed by atoms with E-state index in [1.54, 1.807) is 0 Å². The molecule has 0 amide bonds. The second kappa shape index (κ2) is 5.36. The highest BCUT2D eigenvalue weighted by molar-refractivity contribution is 5.85. The Morgan fingerprint density at radius 1 is 1.31 bits per heavy atom. The molecule has 16 heavy (non-hydrogen) atoms. The van der Waals surface area contributed by atoms with Crippen LogP contribution < -0.4 is 10.5 Å². The summed E-state index contributed by atoms with van der Waals surface area (Å²) in [5, 5.41) is 0. The third-order valence-corrected chi connectivity index (χ3v) is 1.88. The van der Waals surface area contributed by atoms with Crippen molar-refractivity contribution in [3.8, 4) is 5.75 Å². The summed E-state index contributed by atoms with van der Waals surface area (Å²) in [4.78, 5) is 0. The number of alkyl halides is 3. The number of rotatable bonds is 2. The van der Waals surface area contributed by atoms with E-state index in [0.717, 1.165) is 25.3 Å². The van der Waals surface area contributed by atoms with E-state index in [1.165, 1.54) is 0 Å². The van der Waals surface area contributed by atoms with Gasteiger partial charge in [-0.1, -0.05) is 6.07 Å². The predicted octanol–water partition coefficient (Wildman–Crippen LogP) is 2.82. The van der Waals surface area contributed by atoms with Crippen molar-refractivity contribution in [2.45, 2.75) is 12.2 Å². The van der Waals surface area contributed by atoms with Crippen LogP contribution in [0.1, 0.15) is 11.6 Å². The molecule has 0 saturated carbocycles. The van der Waals surface area contributed by atoms with Crippen LogP contribution in [0.3, 0.4) is 0 Å². The van der Waals surface area contributed by atoms with Gasteiger partial charge in [-0.3, -0.25) is 0 Å². The zero-order valence-electron chi connectivity index (χ0n) is 8.22. The smallest absolute Gasteiger partial charge is 0.407 e. The minimum Gasteiger partial charge on any atom is -0.496 e. The standard InChI is InChI=1S/C9H9F4NO.ClH/c1-15-7-4-5(10)2-3-6(7)8(14)9(11,12)13;/h2-4,8H,14H2,1H3;1H/t8-;/m1./s1. The van der Waals surface area contributed by atoms with Gasteiger partial charge in [-0.15, -0.1) is 12.4 Å². The lowest BCUT2D eigenvalue weighted by atomic mass is 10.1. The van der Waals surface area contributed by atoms with E-state index in [-0.39, 0.29) is 23.7 Å². The molecule has 0 aliphatic carbocycles. The number of hydrogen-bond acceptors (Lipinski definition) is 2. The van der Waals surface area contributed by atoms with Gasteiger partial charge in [-0.25, -0.2) is 4.39 Å². The van der Waals surface area contributed by atoms with Crippen LogP contribution in [-0.4, -0.2) is 13.3 Å². The van der Waals surface area contributed by atoms with Crippen molar-refractivity contribution in [3.63, 3.8) is 0 Å². The Labute approximate surface area is 95.8 Å². The van der Waals surface area contributed by atoms with Crippen LogP contribution in [0, 0.1) is 5.82 Å². The molecule has 0 aromatic heterocycles. The minimum atomic E-state index is -4.58. The van der Waals surface area contributed by atoms with Crippen molar-refractivity contribution in [1.82, 2.24) is 0 Å². The summed E-state index contributed by atoms with van der Waals surface area (Å²) in [7, 11) is 1.15. The van der Waals surface area contributed by atoms with E-state index >= 15 is 0 Å². The first kappa shape index (κ1) is 15.0. The molecule has 0 saturated heterocycles. The average molecular weight is 260 g/mol. The van der Waals surface area contributed by atoms with Crippen LogP contribution >= 0.6 is 12.4 Å². The molecule has 0 unspecified atom stereocenters. The lowest BCUT2D eigenvalue weighted by Crippen LogP contribution is -2.28. The van der Waals surface area contributed by atoms with Gasteiger partial charge in [0.1, 0.15) is 17.6 Å². The third kappa shape index (κ3) is 3.24. The van der Waals surface area contributed by atoms with Gasteiger partial charge in [0.05, 0.1) is 7.11 Å². The molecule has 92 valence electrons. The minimum absolute atomic E-state index is 0. The van der Waals surface area contributed by atoms with Crippen molar-refractivity contribution in [2.75, 3.05) is 7.11 Å². The zero-order valence-corrected chi connectivity index (χ0v) is 9.03. The SMILES string of the molecule is COc1cc(F)ccc1[C@@H](N)C(F)(F)F.Cl. The van der Waals surface area contributed by atoms with Gasteiger partial charge in [0.2, 0.25) is 0 Å². The molecule has 0 radical (unpaired) electrons. The molecule has 0 heterocycles. The number of ether oxygens (including phenoxy) is 1. The molecule has 7 heteroatoms. The van der Waals surface area contributed by atoms with Crippen LogP contribution in [0.25, 0.3) is 0 Å². The summed E-state index contributed by atoms with van der Waals surface area (Å²) in [5.41, 5.74) is 4.69. The lowest BCUT2D eigenvalue weighted by molar-refractivity contribution is -0.149. The van der Waals surface area contributed by atoms with Crippen molar-refractivity contribution < 1.29 is 22.3 Å². The Morgan fingerprint density at radius 3 is 2.31 bits per heavy atom. The summed E-state index contributed by atoms with van der Waals surface area (Å²) in [6.07, 6.45) is -4.58. The molecular weight excluding hydrogens is 250 g/mol. The van der Waals surface area contributed by atoms with E-state index in [0.29, 0.717) is 0 Å². The van der Waals surface area contributed by atoms with Crippen LogP contribution in [0.5, 0.6) is 5.75 Å². The topological polar surface area (TPSA) is 35.2 Å². The Balaban J connectivity index is 0.00000225. The Morgan fingerprint density at radius 2 is 1.88 bits per heavy atom. The normalized spacial score (nSPS) is 12.9. The Bertz CT molecular complexity index is 356. The monoisotopic (exact) mass is 259 g/mol. The molecule has 0 aliphatic heterocycles. The Hall–Kier alpha value is -1.01. The van der Waals surface area contributed by atoms with Crippen LogP contribution in [-0.2, 0) is 0 Å². The van der Waals surface area contributed by atoms with E-state index in [2.05, 4.69) is 4.74 Å². The first-order chi connectivity index (χ1) is 6.86. The fraction of sp³-hybridized carbons (Fsp3) is 0.333. The number of benzene rings is 1. The fourth-order valence-electron chi connectivity index (χ4n) is 1.12. The molecule has 0 fully saturated rings. The van der Waals surface area contributed by atoms with Gasteiger partial charge in [0.15, 0.2) is 0 Å². The molecular formula is C9H10ClF4NO. The molecule has 1 rings (SSSR count). The summed E-state index contributed by atoms with van der Waals surface area (Å²) in [6.45, 7) is 0. The zero-order chi connectivity index (χ0) is 11.6. The molecule has 0 bridgehead atoms. The molecule has 1 atom stereocenters. The highest BCUT2D eigenvalue weighted by atomic mass is 35.5. The van der Waals surface area contributed by atoms with E-state index in [9.17, 15) is 17.6 Å². The van der Waals surface area contributed by atoms with Crippen molar-refractivity contribution in [2.24, 2.45) is 5.73 Å². The first-order valence-electron chi connectivity index (χ1n) is 4.02. The largest absolute Gasteiger partial charge is 0.496 e. The summed E-state index contributed by atoms with van der Waals surface area (Å²) < 4.78 is 54.1. The van der Waals surface area contributed by atoms with E-state index in [4.69, 9.17) is 5.73 Å². The molecule has 1 aromatic rings. The van der Waals surface area contributed by atoms with Gasteiger partial charge >= 0.3 is 6.18 Å². The van der Waals surface area contributed by atoms with E-state index in [1.807, 2.05) is 0 Å². The second-order valence-electron chi connectivity index (χ2n) is 2.91. The second-order valence-corrected chi connectivity index (χ2v) is 2.91. The van der Waals surface area contributed by atoms with Crippen LogP contribution in [0.15, 0.2) is 18.2 Å². The summed E-state index contributed by atoms with van der Waals surface area (Å²) in [5.74, 6) is -0.884. The van der Waals surface area contributed by atoms with Gasteiger partial charge in [-0.2, -0.15) is 13.2 Å². The molecule has 2 N–H and O–H groups in total. The number of methoxy groups -OCH3 is 1. The fourth-order valence-corrected chi connectivity index (χ4v) is 1.12. The van der Waals surface area contributed by atoms with Gasteiger partial charge < -0.3 is 10.5 Å². The van der Waals surface area contributed by atoms with Crippen molar-refractivity contribution >= 4 is 12.4 Å². The number of halogens is 5. The summed E-state index contributed by atoms with van der Waals surface area (Å²) >= 11 is 0. The number of nitrogens with two attached hydrogens (primary N) is 1. The Kier molecular flexibility index (Phi) is 5.02.